The van der Waals surface area contributed by atoms with Crippen LogP contribution in [-0.4, -0.2) is 5.97 Å². The second-order valence-electron chi connectivity index (χ2n) is 3.93. The molecule has 2 aromatic carbocycles. The zero-order valence-corrected chi connectivity index (χ0v) is 9.35. The summed E-state index contributed by atoms with van der Waals surface area (Å²) >= 11 is 0. The highest BCUT2D eigenvalue weighted by atomic mass is 19.1. The van der Waals surface area contributed by atoms with Crippen LogP contribution < -0.4 is 9.47 Å². The van der Waals surface area contributed by atoms with E-state index >= 15 is 0 Å². The Hall–Kier alpha value is -2.36. The summed E-state index contributed by atoms with van der Waals surface area (Å²) in [6, 6.07) is 11.3. The molecule has 1 aliphatic rings. The van der Waals surface area contributed by atoms with Crippen LogP contribution in [0, 0.1) is 5.82 Å². The van der Waals surface area contributed by atoms with Gasteiger partial charge in [0.25, 0.3) is 0 Å². The maximum atomic E-state index is 13.5. The molecule has 3 rings (SSSR count). The summed E-state index contributed by atoms with van der Waals surface area (Å²) < 4.78 is 24.0. The van der Waals surface area contributed by atoms with E-state index in [1.807, 2.05) is 0 Å². The summed E-state index contributed by atoms with van der Waals surface area (Å²) in [6.45, 7) is 0. The minimum atomic E-state index is -0.459. The smallest absolute Gasteiger partial charge is 0.315 e. The Balaban J connectivity index is 1.98. The van der Waals surface area contributed by atoms with Crippen molar-refractivity contribution in [2.45, 2.75) is 6.42 Å². The Labute approximate surface area is 103 Å². The zero-order chi connectivity index (χ0) is 12.5. The van der Waals surface area contributed by atoms with Crippen molar-refractivity contribution >= 4 is 5.97 Å². The molecule has 1 aliphatic heterocycles. The molecule has 0 spiro atoms. The molecule has 0 fully saturated rings. The van der Waals surface area contributed by atoms with Crippen LogP contribution in [-0.2, 0) is 11.2 Å². The number of carbonyl (C=O) groups is 1. The van der Waals surface area contributed by atoms with Crippen molar-refractivity contribution in [1.29, 1.82) is 0 Å². The van der Waals surface area contributed by atoms with Gasteiger partial charge in [-0.15, -0.1) is 0 Å². The predicted molar refractivity (Wildman–Crippen MR) is 62.3 cm³/mol. The van der Waals surface area contributed by atoms with E-state index < -0.39 is 5.82 Å². The summed E-state index contributed by atoms with van der Waals surface area (Å²) in [4.78, 5) is 11.2. The van der Waals surface area contributed by atoms with Crippen LogP contribution in [0.5, 0.6) is 17.2 Å². The van der Waals surface area contributed by atoms with Crippen LogP contribution in [0.2, 0.25) is 0 Å². The lowest BCUT2D eigenvalue weighted by atomic mass is 10.1. The number of benzene rings is 2. The van der Waals surface area contributed by atoms with Crippen molar-refractivity contribution in [3.05, 3.63) is 53.8 Å². The Bertz CT molecular complexity index is 622. The van der Waals surface area contributed by atoms with Crippen LogP contribution in [0.15, 0.2) is 42.5 Å². The van der Waals surface area contributed by atoms with Gasteiger partial charge < -0.3 is 9.47 Å². The molecule has 90 valence electrons. The number of fused-ring (bicyclic) bond motifs is 1. The summed E-state index contributed by atoms with van der Waals surface area (Å²) in [7, 11) is 0. The normalized spacial score (nSPS) is 13.1. The van der Waals surface area contributed by atoms with Crippen molar-refractivity contribution in [1.82, 2.24) is 0 Å². The molecule has 0 bridgehead atoms. The van der Waals surface area contributed by atoms with Crippen LogP contribution in [0.3, 0.4) is 0 Å². The Morgan fingerprint density at radius 1 is 1.06 bits per heavy atom. The minimum Gasteiger partial charge on any atom is -0.450 e. The summed E-state index contributed by atoms with van der Waals surface area (Å²) in [6.07, 6.45) is 0.226. The molecule has 0 aliphatic carbocycles. The molecule has 0 aromatic heterocycles. The number of esters is 1. The van der Waals surface area contributed by atoms with Crippen LogP contribution in [0.25, 0.3) is 0 Å². The molecular formula is C14H9FO3. The Morgan fingerprint density at radius 3 is 2.67 bits per heavy atom. The van der Waals surface area contributed by atoms with Gasteiger partial charge in [0.05, 0.1) is 6.42 Å². The number of carbonyl (C=O) groups excluding carboxylic acids is 1. The first kappa shape index (κ1) is 10.8. The molecule has 0 radical (unpaired) electrons. The van der Waals surface area contributed by atoms with Crippen molar-refractivity contribution in [3.8, 4) is 17.2 Å². The molecule has 0 atom stereocenters. The Kier molecular flexibility index (Phi) is 2.48. The van der Waals surface area contributed by atoms with Gasteiger partial charge in [0, 0.05) is 5.56 Å². The van der Waals surface area contributed by atoms with Gasteiger partial charge in [-0.1, -0.05) is 24.3 Å². The number of halogens is 1. The van der Waals surface area contributed by atoms with Gasteiger partial charge in [0.15, 0.2) is 23.1 Å². The first-order chi connectivity index (χ1) is 8.74. The van der Waals surface area contributed by atoms with E-state index in [0.717, 1.165) is 5.56 Å². The molecular weight excluding hydrogens is 235 g/mol. The van der Waals surface area contributed by atoms with E-state index in [9.17, 15) is 9.18 Å². The van der Waals surface area contributed by atoms with Crippen LogP contribution in [0.4, 0.5) is 4.39 Å². The van der Waals surface area contributed by atoms with Crippen molar-refractivity contribution < 1.29 is 18.7 Å². The highest BCUT2D eigenvalue weighted by Gasteiger charge is 2.24. The first-order valence-corrected chi connectivity index (χ1v) is 5.49. The molecule has 18 heavy (non-hydrogen) atoms. The topological polar surface area (TPSA) is 35.5 Å². The van der Waals surface area contributed by atoms with Gasteiger partial charge in [-0.25, -0.2) is 4.39 Å². The summed E-state index contributed by atoms with van der Waals surface area (Å²) in [5.41, 5.74) is 0.758. The number of ether oxygens (including phenoxy) is 2. The van der Waals surface area contributed by atoms with E-state index in [4.69, 9.17) is 9.47 Å². The Morgan fingerprint density at radius 2 is 1.83 bits per heavy atom. The molecule has 2 aromatic rings. The molecule has 4 heteroatoms. The maximum absolute atomic E-state index is 13.5. The zero-order valence-electron chi connectivity index (χ0n) is 9.35. The monoisotopic (exact) mass is 244 g/mol. The van der Waals surface area contributed by atoms with Crippen LogP contribution in [0.1, 0.15) is 5.56 Å². The molecule has 1 heterocycles. The lowest BCUT2D eigenvalue weighted by Gasteiger charge is -2.09. The van der Waals surface area contributed by atoms with Gasteiger partial charge in [0.1, 0.15) is 0 Å². The van der Waals surface area contributed by atoms with Crippen molar-refractivity contribution in [3.63, 3.8) is 0 Å². The SMILES string of the molecule is O=C1Cc2cccc(Oc3ccccc3F)c2O1. The van der Waals surface area contributed by atoms with E-state index in [-0.39, 0.29) is 18.1 Å². The quantitative estimate of drug-likeness (QED) is 0.601. The van der Waals surface area contributed by atoms with Crippen molar-refractivity contribution in [2.24, 2.45) is 0 Å². The first-order valence-electron chi connectivity index (χ1n) is 5.49. The lowest BCUT2D eigenvalue weighted by Crippen LogP contribution is -2.00. The van der Waals surface area contributed by atoms with E-state index in [2.05, 4.69) is 0 Å². The lowest BCUT2D eigenvalue weighted by molar-refractivity contribution is -0.131. The third-order valence-corrected chi connectivity index (χ3v) is 2.67. The summed E-state index contributed by atoms with van der Waals surface area (Å²) in [5, 5.41) is 0. The fourth-order valence-corrected chi connectivity index (χ4v) is 1.85. The molecule has 0 amide bonds. The highest BCUT2D eigenvalue weighted by Crippen LogP contribution is 2.38. The number of para-hydroxylation sites is 2. The highest BCUT2D eigenvalue weighted by molar-refractivity contribution is 5.82. The summed E-state index contributed by atoms with van der Waals surface area (Å²) in [5.74, 6) is 0.0528. The fraction of sp³-hybridized carbons (Fsp3) is 0.0714. The molecule has 3 nitrogen and oxygen atoms in total. The second-order valence-corrected chi connectivity index (χ2v) is 3.93. The fourth-order valence-electron chi connectivity index (χ4n) is 1.85. The largest absolute Gasteiger partial charge is 0.450 e. The maximum Gasteiger partial charge on any atom is 0.315 e. The third kappa shape index (κ3) is 1.82. The van der Waals surface area contributed by atoms with E-state index in [1.165, 1.54) is 12.1 Å². The molecule has 0 N–H and O–H groups in total. The van der Waals surface area contributed by atoms with Gasteiger partial charge in [0.2, 0.25) is 0 Å². The average Bonchev–Trinajstić information content (AvgIpc) is 2.73. The van der Waals surface area contributed by atoms with Crippen molar-refractivity contribution in [2.75, 3.05) is 0 Å². The second kappa shape index (κ2) is 4.14. The van der Waals surface area contributed by atoms with Gasteiger partial charge in [-0.2, -0.15) is 0 Å². The standard InChI is InChI=1S/C14H9FO3/c15-10-5-1-2-6-11(10)17-12-7-3-4-9-8-13(16)18-14(9)12/h1-7H,8H2. The number of rotatable bonds is 2. The molecule has 0 saturated carbocycles. The third-order valence-electron chi connectivity index (χ3n) is 2.67. The molecule has 0 unspecified atom stereocenters. The van der Waals surface area contributed by atoms with Crippen LogP contribution >= 0.6 is 0 Å². The number of hydrogen-bond donors (Lipinski definition) is 0. The van der Waals surface area contributed by atoms with Gasteiger partial charge in [-0.05, 0) is 18.2 Å². The van der Waals surface area contributed by atoms with Gasteiger partial charge in [-0.3, -0.25) is 4.79 Å². The van der Waals surface area contributed by atoms with E-state index in [0.29, 0.717) is 11.5 Å². The van der Waals surface area contributed by atoms with Gasteiger partial charge >= 0.3 is 5.97 Å². The average molecular weight is 244 g/mol. The minimum absolute atomic E-state index is 0.105. The number of hydrogen-bond acceptors (Lipinski definition) is 3. The molecule has 0 saturated heterocycles. The predicted octanol–water partition coefficient (Wildman–Crippen LogP) is 3.08. The van der Waals surface area contributed by atoms with E-state index in [1.54, 1.807) is 30.3 Å².